The number of thiophene rings is 1. The van der Waals surface area contributed by atoms with Crippen molar-refractivity contribution in [2.45, 2.75) is 26.4 Å². The van der Waals surface area contributed by atoms with E-state index in [1.54, 1.807) is 32.0 Å². The molecule has 0 fully saturated rings. The SMILES string of the molecule is COc1cc(-n2cnc3cc(C)sc3c2=O)ccc1OCC(C)(C)O. The Morgan fingerprint density at radius 1 is 1.28 bits per heavy atom. The molecule has 0 radical (unpaired) electrons. The minimum absolute atomic E-state index is 0.115. The Balaban J connectivity index is 2.01. The van der Waals surface area contributed by atoms with Gasteiger partial charge in [-0.1, -0.05) is 0 Å². The first-order valence-electron chi connectivity index (χ1n) is 7.80. The number of methoxy groups -OCH3 is 1. The number of aryl methyl sites for hydroxylation is 1. The fourth-order valence-electron chi connectivity index (χ4n) is 2.40. The van der Waals surface area contributed by atoms with Crippen molar-refractivity contribution in [2.24, 2.45) is 0 Å². The molecule has 0 aliphatic heterocycles. The van der Waals surface area contributed by atoms with Gasteiger partial charge in [-0.2, -0.15) is 0 Å². The molecule has 0 bridgehead atoms. The molecule has 6 nitrogen and oxygen atoms in total. The van der Waals surface area contributed by atoms with Crippen LogP contribution in [0.15, 0.2) is 35.4 Å². The predicted octanol–water partition coefficient (Wildman–Crippen LogP) is 2.91. The van der Waals surface area contributed by atoms with Crippen molar-refractivity contribution in [3.8, 4) is 17.2 Å². The molecule has 7 heteroatoms. The molecule has 0 atom stereocenters. The lowest BCUT2D eigenvalue weighted by atomic mass is 10.2. The highest BCUT2D eigenvalue weighted by Crippen LogP contribution is 2.30. The van der Waals surface area contributed by atoms with Gasteiger partial charge in [0, 0.05) is 10.9 Å². The van der Waals surface area contributed by atoms with Crippen LogP contribution in [0.4, 0.5) is 0 Å². The van der Waals surface area contributed by atoms with E-state index in [0.29, 0.717) is 27.4 Å². The summed E-state index contributed by atoms with van der Waals surface area (Å²) < 4.78 is 13.1. The Morgan fingerprint density at radius 2 is 2.04 bits per heavy atom. The zero-order valence-corrected chi connectivity index (χ0v) is 15.4. The third-order valence-electron chi connectivity index (χ3n) is 3.57. The van der Waals surface area contributed by atoms with E-state index in [9.17, 15) is 9.90 Å². The molecule has 1 aromatic carbocycles. The molecule has 0 amide bonds. The Bertz CT molecular complexity index is 969. The van der Waals surface area contributed by atoms with Gasteiger partial charge in [0.1, 0.15) is 17.6 Å². The monoisotopic (exact) mass is 360 g/mol. The molecule has 2 aromatic heterocycles. The molecule has 3 aromatic rings. The van der Waals surface area contributed by atoms with Crippen molar-refractivity contribution in [3.05, 3.63) is 45.8 Å². The van der Waals surface area contributed by atoms with Crippen molar-refractivity contribution in [1.82, 2.24) is 9.55 Å². The Kier molecular flexibility index (Phi) is 4.53. The van der Waals surface area contributed by atoms with E-state index in [4.69, 9.17) is 9.47 Å². The summed E-state index contributed by atoms with van der Waals surface area (Å²) in [5.74, 6) is 0.985. The van der Waals surface area contributed by atoms with E-state index in [-0.39, 0.29) is 12.2 Å². The smallest absolute Gasteiger partial charge is 0.275 e. The Labute approximate surface area is 149 Å². The van der Waals surface area contributed by atoms with Gasteiger partial charge in [0.2, 0.25) is 0 Å². The van der Waals surface area contributed by atoms with Gasteiger partial charge in [0.25, 0.3) is 5.56 Å². The van der Waals surface area contributed by atoms with Crippen molar-refractivity contribution < 1.29 is 14.6 Å². The number of hydrogen-bond donors (Lipinski definition) is 1. The number of aliphatic hydroxyl groups is 1. The van der Waals surface area contributed by atoms with Gasteiger partial charge < -0.3 is 14.6 Å². The molecule has 0 saturated heterocycles. The molecule has 3 rings (SSSR count). The summed E-state index contributed by atoms with van der Waals surface area (Å²) in [4.78, 5) is 18.1. The maximum absolute atomic E-state index is 12.7. The lowest BCUT2D eigenvalue weighted by molar-refractivity contribution is 0.0276. The second kappa shape index (κ2) is 6.50. The average molecular weight is 360 g/mol. The van der Waals surface area contributed by atoms with Crippen molar-refractivity contribution in [2.75, 3.05) is 13.7 Å². The average Bonchev–Trinajstić information content (AvgIpc) is 2.94. The first-order valence-corrected chi connectivity index (χ1v) is 8.61. The highest BCUT2D eigenvalue weighted by atomic mass is 32.1. The predicted molar refractivity (Wildman–Crippen MR) is 98.3 cm³/mol. The second-order valence-electron chi connectivity index (χ2n) is 6.43. The third kappa shape index (κ3) is 3.67. The molecular weight excluding hydrogens is 340 g/mol. The first kappa shape index (κ1) is 17.4. The van der Waals surface area contributed by atoms with Crippen LogP contribution in [-0.2, 0) is 0 Å². The highest BCUT2D eigenvalue weighted by Gasteiger charge is 2.16. The zero-order valence-electron chi connectivity index (χ0n) is 14.6. The molecule has 25 heavy (non-hydrogen) atoms. The van der Waals surface area contributed by atoms with Crippen LogP contribution in [0.1, 0.15) is 18.7 Å². The lowest BCUT2D eigenvalue weighted by Gasteiger charge is -2.19. The topological polar surface area (TPSA) is 73.6 Å². The largest absolute Gasteiger partial charge is 0.493 e. The van der Waals surface area contributed by atoms with E-state index < -0.39 is 5.60 Å². The molecule has 0 saturated carbocycles. The number of benzene rings is 1. The summed E-state index contributed by atoms with van der Waals surface area (Å²) in [7, 11) is 1.53. The first-order chi connectivity index (χ1) is 11.8. The normalized spacial score (nSPS) is 11.7. The molecule has 0 spiro atoms. The van der Waals surface area contributed by atoms with Crippen LogP contribution in [0.3, 0.4) is 0 Å². The standard InChI is InChI=1S/C18H20N2O4S/c1-11-7-13-16(25-11)17(21)20(10-19-13)12-5-6-14(15(8-12)23-4)24-9-18(2,3)22/h5-8,10,22H,9H2,1-4H3. The summed E-state index contributed by atoms with van der Waals surface area (Å²) in [6.45, 7) is 5.41. The number of nitrogens with zero attached hydrogens (tertiary/aromatic N) is 2. The van der Waals surface area contributed by atoms with E-state index >= 15 is 0 Å². The maximum atomic E-state index is 12.7. The van der Waals surface area contributed by atoms with E-state index in [1.807, 2.05) is 13.0 Å². The van der Waals surface area contributed by atoms with Crippen molar-refractivity contribution in [1.29, 1.82) is 0 Å². The highest BCUT2D eigenvalue weighted by molar-refractivity contribution is 7.18. The quantitative estimate of drug-likeness (QED) is 0.757. The van der Waals surface area contributed by atoms with Crippen LogP contribution in [0, 0.1) is 6.92 Å². The van der Waals surface area contributed by atoms with Gasteiger partial charge in [0.05, 0.1) is 23.9 Å². The number of ether oxygens (including phenoxy) is 2. The molecule has 0 aliphatic carbocycles. The zero-order chi connectivity index (χ0) is 18.2. The van der Waals surface area contributed by atoms with Crippen LogP contribution >= 0.6 is 11.3 Å². The van der Waals surface area contributed by atoms with Gasteiger partial charge in [0.15, 0.2) is 11.5 Å². The van der Waals surface area contributed by atoms with Gasteiger partial charge >= 0.3 is 0 Å². The molecule has 2 heterocycles. The Morgan fingerprint density at radius 3 is 2.72 bits per heavy atom. The van der Waals surface area contributed by atoms with E-state index in [1.165, 1.54) is 29.3 Å². The van der Waals surface area contributed by atoms with Gasteiger partial charge in [-0.25, -0.2) is 4.98 Å². The number of fused-ring (bicyclic) bond motifs is 1. The minimum Gasteiger partial charge on any atom is -0.493 e. The fraction of sp³-hybridized carbons (Fsp3) is 0.333. The summed E-state index contributed by atoms with van der Waals surface area (Å²) in [6, 6.07) is 7.10. The van der Waals surface area contributed by atoms with Crippen LogP contribution in [0.5, 0.6) is 11.5 Å². The third-order valence-corrected chi connectivity index (χ3v) is 4.59. The van der Waals surface area contributed by atoms with Gasteiger partial charge in [-0.15, -0.1) is 11.3 Å². The summed E-state index contributed by atoms with van der Waals surface area (Å²) in [5, 5.41) is 9.80. The summed E-state index contributed by atoms with van der Waals surface area (Å²) >= 11 is 1.43. The van der Waals surface area contributed by atoms with E-state index in [2.05, 4.69) is 4.98 Å². The maximum Gasteiger partial charge on any atom is 0.275 e. The van der Waals surface area contributed by atoms with Crippen LogP contribution < -0.4 is 15.0 Å². The van der Waals surface area contributed by atoms with Crippen LogP contribution in [0.2, 0.25) is 0 Å². The van der Waals surface area contributed by atoms with Crippen LogP contribution in [-0.4, -0.2) is 34.0 Å². The molecule has 1 N–H and O–H groups in total. The van der Waals surface area contributed by atoms with Crippen molar-refractivity contribution in [3.63, 3.8) is 0 Å². The van der Waals surface area contributed by atoms with Crippen LogP contribution in [0.25, 0.3) is 15.9 Å². The van der Waals surface area contributed by atoms with Gasteiger partial charge in [-0.3, -0.25) is 9.36 Å². The number of hydrogen-bond acceptors (Lipinski definition) is 6. The van der Waals surface area contributed by atoms with Crippen molar-refractivity contribution >= 4 is 21.6 Å². The summed E-state index contributed by atoms with van der Waals surface area (Å²) in [6.07, 6.45) is 1.52. The number of rotatable bonds is 5. The minimum atomic E-state index is -0.952. The molecule has 0 aliphatic rings. The number of aromatic nitrogens is 2. The van der Waals surface area contributed by atoms with Gasteiger partial charge in [-0.05, 0) is 39.0 Å². The second-order valence-corrected chi connectivity index (χ2v) is 7.68. The fourth-order valence-corrected chi connectivity index (χ4v) is 3.29. The molecule has 0 unspecified atom stereocenters. The summed E-state index contributed by atoms with van der Waals surface area (Å²) in [5.41, 5.74) is 0.279. The lowest BCUT2D eigenvalue weighted by Crippen LogP contribution is -2.28. The van der Waals surface area contributed by atoms with E-state index in [0.717, 1.165) is 4.88 Å². The molecular formula is C18H20N2O4S. The molecule has 132 valence electrons. The Hall–Kier alpha value is -2.38.